The summed E-state index contributed by atoms with van der Waals surface area (Å²) in [7, 11) is 0. The molecule has 0 spiro atoms. The van der Waals surface area contributed by atoms with E-state index in [0.717, 1.165) is 22.5 Å². The molecule has 0 bridgehead atoms. The highest BCUT2D eigenvalue weighted by Crippen LogP contribution is 2.23. The minimum atomic E-state index is -0.301. The molecule has 4 aromatic rings. The van der Waals surface area contributed by atoms with E-state index in [-0.39, 0.29) is 24.3 Å². The Hall–Kier alpha value is -4.26. The highest BCUT2D eigenvalue weighted by Gasteiger charge is 2.16. The van der Waals surface area contributed by atoms with Gasteiger partial charge in [-0.1, -0.05) is 36.4 Å². The van der Waals surface area contributed by atoms with Crippen molar-refractivity contribution in [2.45, 2.75) is 25.9 Å². The molecule has 0 saturated carbocycles. The van der Waals surface area contributed by atoms with Crippen LogP contribution in [-0.4, -0.2) is 32.6 Å². The molecular formula is C26H25N5O2. The van der Waals surface area contributed by atoms with Crippen LogP contribution in [0.1, 0.15) is 29.3 Å². The van der Waals surface area contributed by atoms with Gasteiger partial charge in [0.2, 0.25) is 5.91 Å². The molecule has 2 heterocycles. The van der Waals surface area contributed by atoms with E-state index >= 15 is 0 Å². The lowest BCUT2D eigenvalue weighted by atomic mass is 10.1. The van der Waals surface area contributed by atoms with Gasteiger partial charge in [-0.15, -0.1) is 0 Å². The highest BCUT2D eigenvalue weighted by atomic mass is 16.2. The summed E-state index contributed by atoms with van der Waals surface area (Å²) in [5.41, 5.74) is 4.10. The third-order valence-electron chi connectivity index (χ3n) is 5.15. The van der Waals surface area contributed by atoms with E-state index in [1.54, 1.807) is 29.2 Å². The van der Waals surface area contributed by atoms with E-state index in [1.165, 1.54) is 0 Å². The van der Waals surface area contributed by atoms with Gasteiger partial charge in [0.15, 0.2) is 0 Å². The van der Waals surface area contributed by atoms with Gasteiger partial charge in [0.1, 0.15) is 0 Å². The summed E-state index contributed by atoms with van der Waals surface area (Å²) in [6.07, 6.45) is 5.54. The van der Waals surface area contributed by atoms with Crippen molar-refractivity contribution in [1.29, 1.82) is 0 Å². The predicted octanol–water partition coefficient (Wildman–Crippen LogP) is 3.76. The van der Waals surface area contributed by atoms with Crippen molar-refractivity contribution in [3.05, 3.63) is 103 Å². The number of nitrogens with zero attached hydrogens (tertiary/aromatic N) is 3. The van der Waals surface area contributed by atoms with Crippen LogP contribution in [0.3, 0.4) is 0 Å². The zero-order valence-corrected chi connectivity index (χ0v) is 18.3. The van der Waals surface area contributed by atoms with Crippen LogP contribution in [0.15, 0.2) is 91.4 Å². The molecule has 2 N–H and O–H groups in total. The number of carbonyl (C=O) groups excluding carboxylic acids is 2. The zero-order chi connectivity index (χ0) is 23.0. The molecule has 0 radical (unpaired) electrons. The molecule has 2 aromatic heterocycles. The van der Waals surface area contributed by atoms with Gasteiger partial charge in [-0.25, -0.2) is 4.68 Å². The summed E-state index contributed by atoms with van der Waals surface area (Å²) < 4.78 is 1.81. The minimum absolute atomic E-state index is 0.149. The number of carbonyl (C=O) groups is 2. The molecule has 7 nitrogen and oxygen atoms in total. The van der Waals surface area contributed by atoms with Crippen molar-refractivity contribution in [3.8, 4) is 16.9 Å². The fraction of sp³-hybridized carbons (Fsp3) is 0.154. The van der Waals surface area contributed by atoms with Crippen LogP contribution in [-0.2, 0) is 11.3 Å². The fourth-order valence-electron chi connectivity index (χ4n) is 3.50. The molecule has 4 rings (SSSR count). The number of pyridine rings is 1. The Morgan fingerprint density at radius 2 is 1.61 bits per heavy atom. The lowest BCUT2D eigenvalue weighted by molar-refractivity contribution is -0.121. The van der Waals surface area contributed by atoms with Crippen molar-refractivity contribution in [2.75, 3.05) is 0 Å². The quantitative estimate of drug-likeness (QED) is 0.438. The Bertz CT molecular complexity index is 1210. The van der Waals surface area contributed by atoms with Crippen molar-refractivity contribution in [2.24, 2.45) is 0 Å². The summed E-state index contributed by atoms with van der Waals surface area (Å²) in [4.78, 5) is 28.9. The van der Waals surface area contributed by atoms with E-state index in [9.17, 15) is 9.59 Å². The van der Waals surface area contributed by atoms with Crippen molar-refractivity contribution in [1.82, 2.24) is 25.4 Å². The molecule has 7 heteroatoms. The Morgan fingerprint density at radius 1 is 0.939 bits per heavy atom. The number of hydrogen-bond acceptors (Lipinski definition) is 4. The maximum atomic E-state index is 12.6. The minimum Gasteiger partial charge on any atom is -0.352 e. The standard InChI is InChI=1S/C26H25N5O2/c1-19(29-26(33)21-8-4-2-5-9-21)16-24(32)28-17-22-18-31(23-10-6-3-7-11-23)30-25(22)20-12-14-27-15-13-20/h2-15,18-19H,16-17H2,1H3,(H,28,32)(H,29,33). The summed E-state index contributed by atoms with van der Waals surface area (Å²) >= 11 is 0. The molecule has 2 amide bonds. The summed E-state index contributed by atoms with van der Waals surface area (Å²) in [6, 6.07) is 22.3. The first-order valence-electron chi connectivity index (χ1n) is 10.8. The van der Waals surface area contributed by atoms with Gasteiger partial charge in [0.25, 0.3) is 5.91 Å². The lowest BCUT2D eigenvalue weighted by Crippen LogP contribution is -2.37. The van der Waals surface area contributed by atoms with Gasteiger partial charge in [-0.3, -0.25) is 14.6 Å². The van der Waals surface area contributed by atoms with Gasteiger partial charge >= 0.3 is 0 Å². The number of nitrogens with one attached hydrogen (secondary N) is 2. The van der Waals surface area contributed by atoms with E-state index < -0.39 is 0 Å². The van der Waals surface area contributed by atoms with Crippen LogP contribution in [0.4, 0.5) is 0 Å². The van der Waals surface area contributed by atoms with Crippen LogP contribution >= 0.6 is 0 Å². The second kappa shape index (κ2) is 10.4. The lowest BCUT2D eigenvalue weighted by Gasteiger charge is -2.14. The summed E-state index contributed by atoms with van der Waals surface area (Å²) in [5.74, 6) is -0.344. The number of para-hydroxylation sites is 1. The molecule has 1 atom stereocenters. The van der Waals surface area contributed by atoms with Gasteiger partial charge in [-0.05, 0) is 43.3 Å². The van der Waals surface area contributed by atoms with Gasteiger partial charge in [0, 0.05) is 54.3 Å². The molecule has 0 aliphatic rings. The molecular weight excluding hydrogens is 414 g/mol. The molecule has 0 aliphatic carbocycles. The Kier molecular flexibility index (Phi) is 6.90. The molecule has 33 heavy (non-hydrogen) atoms. The molecule has 0 aliphatic heterocycles. The molecule has 1 unspecified atom stereocenters. The van der Waals surface area contributed by atoms with Crippen LogP contribution < -0.4 is 10.6 Å². The summed E-state index contributed by atoms with van der Waals surface area (Å²) in [6.45, 7) is 2.14. The SMILES string of the molecule is CC(CC(=O)NCc1cn(-c2ccccc2)nc1-c1ccncc1)NC(=O)c1ccccc1. The van der Waals surface area contributed by atoms with Crippen LogP contribution in [0.2, 0.25) is 0 Å². The van der Waals surface area contributed by atoms with Gasteiger partial charge in [-0.2, -0.15) is 5.10 Å². The molecule has 2 aromatic carbocycles. The van der Waals surface area contributed by atoms with Crippen LogP contribution in [0.25, 0.3) is 16.9 Å². The summed E-state index contributed by atoms with van der Waals surface area (Å²) in [5, 5.41) is 10.6. The van der Waals surface area contributed by atoms with Gasteiger partial charge in [0.05, 0.1) is 11.4 Å². The maximum absolute atomic E-state index is 12.6. The number of benzene rings is 2. The highest BCUT2D eigenvalue weighted by molar-refractivity contribution is 5.94. The predicted molar refractivity (Wildman–Crippen MR) is 127 cm³/mol. The molecule has 0 fully saturated rings. The van der Waals surface area contributed by atoms with E-state index in [0.29, 0.717) is 12.1 Å². The largest absolute Gasteiger partial charge is 0.352 e. The normalized spacial score (nSPS) is 11.5. The van der Waals surface area contributed by atoms with Crippen LogP contribution in [0, 0.1) is 0 Å². The number of amides is 2. The Labute approximate surface area is 192 Å². The number of hydrogen-bond donors (Lipinski definition) is 2. The maximum Gasteiger partial charge on any atom is 0.251 e. The topological polar surface area (TPSA) is 88.9 Å². The fourth-order valence-corrected chi connectivity index (χ4v) is 3.50. The Morgan fingerprint density at radius 3 is 2.30 bits per heavy atom. The second-order valence-electron chi connectivity index (χ2n) is 7.74. The van der Waals surface area contributed by atoms with Crippen molar-refractivity contribution < 1.29 is 9.59 Å². The third-order valence-corrected chi connectivity index (χ3v) is 5.15. The van der Waals surface area contributed by atoms with E-state index in [4.69, 9.17) is 5.10 Å². The van der Waals surface area contributed by atoms with Gasteiger partial charge < -0.3 is 10.6 Å². The smallest absolute Gasteiger partial charge is 0.251 e. The first-order valence-corrected chi connectivity index (χ1v) is 10.8. The third kappa shape index (κ3) is 5.71. The molecule has 0 saturated heterocycles. The average molecular weight is 440 g/mol. The van der Waals surface area contributed by atoms with Crippen molar-refractivity contribution in [3.63, 3.8) is 0 Å². The first-order chi connectivity index (χ1) is 16.1. The van der Waals surface area contributed by atoms with E-state index in [1.807, 2.05) is 73.8 Å². The zero-order valence-electron chi connectivity index (χ0n) is 18.3. The first kappa shape index (κ1) is 22.0. The molecule has 166 valence electrons. The van der Waals surface area contributed by atoms with E-state index in [2.05, 4.69) is 15.6 Å². The Balaban J connectivity index is 1.42. The second-order valence-corrected chi connectivity index (χ2v) is 7.74. The van der Waals surface area contributed by atoms with Crippen molar-refractivity contribution >= 4 is 11.8 Å². The van der Waals surface area contributed by atoms with Crippen LogP contribution in [0.5, 0.6) is 0 Å². The number of rotatable bonds is 8. The number of aromatic nitrogens is 3. The average Bonchev–Trinajstić information content (AvgIpc) is 3.29. The monoisotopic (exact) mass is 439 g/mol.